The van der Waals surface area contributed by atoms with E-state index in [2.05, 4.69) is 15.8 Å². The molecule has 2 N–H and O–H groups in total. The van der Waals surface area contributed by atoms with Crippen LogP contribution in [0.2, 0.25) is 5.02 Å². The molecule has 6 nitrogen and oxygen atoms in total. The van der Waals surface area contributed by atoms with Crippen molar-refractivity contribution in [2.24, 2.45) is 5.10 Å². The van der Waals surface area contributed by atoms with E-state index in [-0.39, 0.29) is 11.8 Å². The van der Waals surface area contributed by atoms with Crippen LogP contribution in [-0.4, -0.2) is 22.4 Å². The number of hydrogen-bond acceptors (Lipinski definition) is 4. The van der Waals surface area contributed by atoms with Crippen LogP contribution in [0.15, 0.2) is 65.1 Å². The van der Waals surface area contributed by atoms with Crippen molar-refractivity contribution in [2.75, 3.05) is 11.2 Å². The molecule has 0 bridgehead atoms. The molecular weight excluding hydrogens is 407 g/mol. The van der Waals surface area contributed by atoms with Crippen LogP contribution in [0.1, 0.15) is 4.79 Å². The number of para-hydroxylation sites is 1. The first-order valence-corrected chi connectivity index (χ1v) is 9.59. The summed E-state index contributed by atoms with van der Waals surface area (Å²) in [6.45, 7) is 0. The van der Waals surface area contributed by atoms with E-state index in [0.717, 1.165) is 5.56 Å². The minimum Gasteiger partial charge on any atom is -0.307 e. The Labute approximate surface area is 169 Å². The van der Waals surface area contributed by atoms with Gasteiger partial charge >= 0.3 is 6.03 Å². The van der Waals surface area contributed by atoms with Crippen molar-refractivity contribution in [1.82, 2.24) is 9.99 Å². The van der Waals surface area contributed by atoms with E-state index in [1.807, 2.05) is 6.07 Å². The number of halogens is 2. The lowest BCUT2D eigenvalue weighted by Crippen LogP contribution is -2.31. The Kier molecular flexibility index (Phi) is 6.28. The summed E-state index contributed by atoms with van der Waals surface area (Å²) < 4.78 is 1.36. The molecule has 3 rings (SSSR count). The van der Waals surface area contributed by atoms with Crippen molar-refractivity contribution in [3.63, 3.8) is 0 Å². The number of rotatable bonds is 4. The van der Waals surface area contributed by atoms with Crippen molar-refractivity contribution in [3.8, 4) is 11.3 Å². The molecule has 138 valence electrons. The fraction of sp³-hybridized carbons (Fsp3) is 0.0556. The molecular formula is C18H14Cl2N4O2S. The van der Waals surface area contributed by atoms with Gasteiger partial charge in [-0.05, 0) is 29.8 Å². The van der Waals surface area contributed by atoms with Crippen LogP contribution in [0.25, 0.3) is 11.3 Å². The average Bonchev–Trinajstić information content (AvgIpc) is 3.11. The molecule has 0 aliphatic rings. The number of carbonyl (C=O) groups is 2. The summed E-state index contributed by atoms with van der Waals surface area (Å²) in [7, 11) is 0. The average molecular weight is 421 g/mol. The molecule has 0 atom stereocenters. The minimum absolute atomic E-state index is 0.222. The number of nitrogens with one attached hydrogen (secondary N) is 2. The fourth-order valence-corrected chi connectivity index (χ4v) is 3.40. The minimum atomic E-state index is -0.521. The maximum absolute atomic E-state index is 12.3. The van der Waals surface area contributed by atoms with Gasteiger partial charge in [-0.1, -0.05) is 41.9 Å². The Balaban J connectivity index is 1.88. The second-order valence-corrected chi connectivity index (χ2v) is 6.86. The monoisotopic (exact) mass is 420 g/mol. The van der Waals surface area contributed by atoms with Gasteiger partial charge in [-0.3, -0.25) is 9.36 Å². The van der Waals surface area contributed by atoms with Crippen LogP contribution in [0, 0.1) is 0 Å². The van der Waals surface area contributed by atoms with Gasteiger partial charge in [0.2, 0.25) is 10.7 Å². The van der Waals surface area contributed by atoms with Gasteiger partial charge in [0, 0.05) is 16.1 Å². The van der Waals surface area contributed by atoms with Gasteiger partial charge in [-0.2, -0.15) is 0 Å². The maximum atomic E-state index is 12.3. The smallest absolute Gasteiger partial charge is 0.307 e. The number of aromatic nitrogens is 1. The van der Waals surface area contributed by atoms with E-state index < -0.39 is 6.03 Å². The molecule has 0 radical (unpaired) electrons. The van der Waals surface area contributed by atoms with Crippen LogP contribution in [-0.2, 0) is 0 Å². The fourth-order valence-electron chi connectivity index (χ4n) is 2.29. The molecule has 27 heavy (non-hydrogen) atoms. The molecule has 2 aromatic carbocycles. The Hall–Kier alpha value is -2.61. The third-order valence-electron chi connectivity index (χ3n) is 3.50. The van der Waals surface area contributed by atoms with E-state index in [4.69, 9.17) is 23.2 Å². The predicted molar refractivity (Wildman–Crippen MR) is 108 cm³/mol. The summed E-state index contributed by atoms with van der Waals surface area (Å²) in [5.74, 6) is -0.576. The molecule has 0 spiro atoms. The zero-order chi connectivity index (χ0) is 19.2. The van der Waals surface area contributed by atoms with E-state index in [9.17, 15) is 9.59 Å². The largest absolute Gasteiger partial charge is 0.339 e. The van der Waals surface area contributed by atoms with Crippen LogP contribution in [0.3, 0.4) is 0 Å². The summed E-state index contributed by atoms with van der Waals surface area (Å²) in [5.41, 5.74) is 4.42. The molecule has 1 heterocycles. The molecule has 0 unspecified atom stereocenters. The SMILES string of the molecule is O=C(N/N=c1\scc(-c2ccc(Cl)cc2)n1C(=O)CCl)Nc1ccccc1. The number of benzene rings is 2. The quantitative estimate of drug-likeness (QED) is 0.485. The summed E-state index contributed by atoms with van der Waals surface area (Å²) >= 11 is 12.9. The Morgan fingerprint density at radius 2 is 1.78 bits per heavy atom. The van der Waals surface area contributed by atoms with E-state index in [1.165, 1.54) is 15.9 Å². The predicted octanol–water partition coefficient (Wildman–Crippen LogP) is 4.39. The lowest BCUT2D eigenvalue weighted by atomic mass is 10.2. The number of hydrogen-bond donors (Lipinski definition) is 2. The number of thiazole rings is 1. The zero-order valence-electron chi connectivity index (χ0n) is 13.9. The molecule has 0 fully saturated rings. The first-order chi connectivity index (χ1) is 13.1. The maximum Gasteiger partial charge on any atom is 0.339 e. The standard InChI is InChI=1S/C18H14Cl2N4O2S/c19-10-16(25)24-15(12-6-8-13(20)9-7-12)11-27-18(24)23-22-17(26)21-14-4-2-1-3-5-14/h1-9,11H,10H2,(H2,21,22,26)/b23-18-. The van der Waals surface area contributed by atoms with Crippen molar-refractivity contribution >= 4 is 52.2 Å². The molecule has 0 aliphatic heterocycles. The summed E-state index contributed by atoms with van der Waals surface area (Å²) in [4.78, 5) is 24.6. The van der Waals surface area contributed by atoms with E-state index in [1.54, 1.807) is 53.9 Å². The first kappa shape index (κ1) is 19.2. The number of amides is 2. The lowest BCUT2D eigenvalue weighted by Gasteiger charge is -2.06. The van der Waals surface area contributed by atoms with Crippen LogP contribution < -0.4 is 15.5 Å². The molecule has 1 aromatic heterocycles. The highest BCUT2D eigenvalue weighted by molar-refractivity contribution is 7.07. The van der Waals surface area contributed by atoms with Crippen molar-refractivity contribution in [2.45, 2.75) is 0 Å². The zero-order valence-corrected chi connectivity index (χ0v) is 16.2. The van der Waals surface area contributed by atoms with Gasteiger partial charge in [0.15, 0.2) is 0 Å². The van der Waals surface area contributed by atoms with Crippen molar-refractivity contribution in [3.05, 3.63) is 69.8 Å². The number of urea groups is 1. The van der Waals surface area contributed by atoms with Gasteiger partial charge in [0.1, 0.15) is 5.88 Å². The van der Waals surface area contributed by atoms with E-state index in [0.29, 0.717) is 21.2 Å². The highest BCUT2D eigenvalue weighted by Gasteiger charge is 2.14. The molecule has 0 saturated carbocycles. The van der Waals surface area contributed by atoms with Crippen LogP contribution in [0.5, 0.6) is 0 Å². The highest BCUT2D eigenvalue weighted by atomic mass is 35.5. The number of alkyl halides is 1. The normalized spacial score (nSPS) is 11.3. The highest BCUT2D eigenvalue weighted by Crippen LogP contribution is 2.22. The first-order valence-electron chi connectivity index (χ1n) is 7.80. The summed E-state index contributed by atoms with van der Waals surface area (Å²) in [6, 6.07) is 15.5. The number of carbonyl (C=O) groups excluding carboxylic acids is 2. The second-order valence-electron chi connectivity index (χ2n) is 5.32. The molecule has 2 amide bonds. The summed E-state index contributed by atoms with van der Waals surface area (Å²) in [5, 5.41) is 9.05. The molecule has 3 aromatic rings. The third kappa shape index (κ3) is 4.77. The number of anilines is 1. The molecule has 9 heteroatoms. The van der Waals surface area contributed by atoms with Gasteiger partial charge < -0.3 is 5.32 Å². The lowest BCUT2D eigenvalue weighted by molar-refractivity contribution is 0.0938. The molecule has 0 saturated heterocycles. The van der Waals surface area contributed by atoms with Crippen molar-refractivity contribution in [1.29, 1.82) is 0 Å². The topological polar surface area (TPSA) is 75.5 Å². The van der Waals surface area contributed by atoms with E-state index >= 15 is 0 Å². The Morgan fingerprint density at radius 1 is 1.07 bits per heavy atom. The van der Waals surface area contributed by atoms with Crippen molar-refractivity contribution < 1.29 is 9.59 Å². The van der Waals surface area contributed by atoms with Gasteiger partial charge in [-0.15, -0.1) is 28.0 Å². The van der Waals surface area contributed by atoms with Gasteiger partial charge in [-0.25, -0.2) is 10.2 Å². The third-order valence-corrected chi connectivity index (χ3v) is 4.80. The van der Waals surface area contributed by atoms with Crippen LogP contribution in [0.4, 0.5) is 10.5 Å². The second kappa shape index (κ2) is 8.85. The molecule has 0 aliphatic carbocycles. The Morgan fingerprint density at radius 3 is 2.44 bits per heavy atom. The van der Waals surface area contributed by atoms with Gasteiger partial charge in [0.25, 0.3) is 0 Å². The number of nitrogens with zero attached hydrogens (tertiary/aromatic N) is 2. The van der Waals surface area contributed by atoms with Gasteiger partial charge in [0.05, 0.1) is 5.69 Å². The van der Waals surface area contributed by atoms with Crippen LogP contribution >= 0.6 is 34.5 Å². The Bertz CT molecular complexity index is 1010. The summed E-state index contributed by atoms with van der Waals surface area (Å²) in [6.07, 6.45) is 0.